The second-order valence-corrected chi connectivity index (χ2v) is 5.07. The SMILES string of the molecule is SCCCCCCCCCOC1CCC1. The quantitative estimate of drug-likeness (QED) is 0.437. The number of ether oxygens (including phenoxy) is 1. The standard InChI is InChI=1S/C13H26OS/c15-12-7-5-3-1-2-4-6-11-14-13-9-8-10-13/h13,15H,1-12H2. The van der Waals surface area contributed by atoms with Crippen LogP contribution in [-0.4, -0.2) is 18.5 Å². The van der Waals surface area contributed by atoms with Crippen LogP contribution in [0.5, 0.6) is 0 Å². The van der Waals surface area contributed by atoms with Gasteiger partial charge in [0.15, 0.2) is 0 Å². The van der Waals surface area contributed by atoms with Gasteiger partial charge < -0.3 is 4.74 Å². The van der Waals surface area contributed by atoms with E-state index in [-0.39, 0.29) is 0 Å². The van der Waals surface area contributed by atoms with Gasteiger partial charge in [-0.15, -0.1) is 0 Å². The number of hydrogen-bond acceptors (Lipinski definition) is 2. The maximum atomic E-state index is 5.71. The molecule has 0 unspecified atom stereocenters. The lowest BCUT2D eigenvalue weighted by Gasteiger charge is -2.25. The van der Waals surface area contributed by atoms with Crippen molar-refractivity contribution in [1.82, 2.24) is 0 Å². The van der Waals surface area contributed by atoms with Gasteiger partial charge in [0.1, 0.15) is 0 Å². The van der Waals surface area contributed by atoms with Crippen LogP contribution in [0.2, 0.25) is 0 Å². The van der Waals surface area contributed by atoms with Crippen LogP contribution in [0.25, 0.3) is 0 Å². The zero-order chi connectivity index (χ0) is 10.8. The predicted octanol–water partition coefficient (Wildman–Crippen LogP) is 4.22. The first-order valence-electron chi connectivity index (χ1n) is 6.66. The van der Waals surface area contributed by atoms with Crippen LogP contribution in [0.4, 0.5) is 0 Å². The summed E-state index contributed by atoms with van der Waals surface area (Å²) in [6, 6.07) is 0. The third-order valence-electron chi connectivity index (χ3n) is 3.21. The normalized spacial score (nSPS) is 16.6. The molecular weight excluding hydrogens is 204 g/mol. The zero-order valence-corrected chi connectivity index (χ0v) is 10.8. The molecule has 0 aromatic carbocycles. The van der Waals surface area contributed by atoms with E-state index in [0.29, 0.717) is 6.10 Å². The molecule has 0 aliphatic heterocycles. The van der Waals surface area contributed by atoms with Crippen LogP contribution in [-0.2, 0) is 4.74 Å². The Hall–Kier alpha value is 0.310. The minimum absolute atomic E-state index is 0.625. The number of thiol groups is 1. The summed E-state index contributed by atoms with van der Waals surface area (Å²) >= 11 is 4.21. The number of rotatable bonds is 10. The predicted molar refractivity (Wildman–Crippen MR) is 69.8 cm³/mol. The van der Waals surface area contributed by atoms with Gasteiger partial charge in [0.25, 0.3) is 0 Å². The van der Waals surface area contributed by atoms with Gasteiger partial charge in [-0.25, -0.2) is 0 Å². The van der Waals surface area contributed by atoms with Crippen molar-refractivity contribution in [3.63, 3.8) is 0 Å². The van der Waals surface area contributed by atoms with E-state index >= 15 is 0 Å². The molecule has 1 aliphatic carbocycles. The lowest BCUT2D eigenvalue weighted by atomic mass is 9.96. The Bertz CT molecular complexity index is 134. The van der Waals surface area contributed by atoms with E-state index in [1.54, 1.807) is 0 Å². The second kappa shape index (κ2) is 9.53. The van der Waals surface area contributed by atoms with Gasteiger partial charge in [-0.1, -0.05) is 32.1 Å². The average molecular weight is 230 g/mol. The lowest BCUT2D eigenvalue weighted by molar-refractivity contribution is 0.000615. The molecule has 0 amide bonds. The van der Waals surface area contributed by atoms with Crippen molar-refractivity contribution >= 4 is 12.6 Å². The molecule has 15 heavy (non-hydrogen) atoms. The van der Waals surface area contributed by atoms with Gasteiger partial charge >= 0.3 is 0 Å². The molecule has 0 bridgehead atoms. The molecule has 0 aromatic rings. The monoisotopic (exact) mass is 230 g/mol. The molecule has 1 nitrogen and oxygen atoms in total. The van der Waals surface area contributed by atoms with Gasteiger partial charge in [-0.05, 0) is 37.9 Å². The first-order chi connectivity index (χ1) is 7.43. The van der Waals surface area contributed by atoms with E-state index < -0.39 is 0 Å². The van der Waals surface area contributed by atoms with E-state index in [2.05, 4.69) is 12.6 Å². The van der Waals surface area contributed by atoms with Crippen LogP contribution >= 0.6 is 12.6 Å². The van der Waals surface area contributed by atoms with Crippen LogP contribution < -0.4 is 0 Å². The van der Waals surface area contributed by atoms with Crippen LogP contribution in [0.1, 0.15) is 64.2 Å². The molecule has 0 radical (unpaired) electrons. The van der Waals surface area contributed by atoms with Crippen molar-refractivity contribution < 1.29 is 4.74 Å². The molecule has 2 heteroatoms. The summed E-state index contributed by atoms with van der Waals surface area (Å²) in [5.74, 6) is 1.05. The van der Waals surface area contributed by atoms with E-state index in [1.807, 2.05) is 0 Å². The van der Waals surface area contributed by atoms with Gasteiger partial charge in [-0.3, -0.25) is 0 Å². The Kier molecular flexibility index (Phi) is 8.50. The maximum Gasteiger partial charge on any atom is 0.0575 e. The summed E-state index contributed by atoms with van der Waals surface area (Å²) in [5.41, 5.74) is 0. The minimum Gasteiger partial charge on any atom is -0.378 e. The Morgan fingerprint density at radius 3 is 2.00 bits per heavy atom. The number of unbranched alkanes of at least 4 members (excludes halogenated alkanes) is 6. The van der Waals surface area contributed by atoms with Crippen LogP contribution in [0, 0.1) is 0 Å². The highest BCUT2D eigenvalue weighted by Gasteiger charge is 2.16. The third kappa shape index (κ3) is 7.24. The van der Waals surface area contributed by atoms with Crippen molar-refractivity contribution in [3.05, 3.63) is 0 Å². The summed E-state index contributed by atoms with van der Waals surface area (Å²) in [4.78, 5) is 0. The van der Waals surface area contributed by atoms with Crippen molar-refractivity contribution in [1.29, 1.82) is 0 Å². The molecule has 1 fully saturated rings. The summed E-state index contributed by atoms with van der Waals surface area (Å²) in [6.07, 6.45) is 14.1. The fraction of sp³-hybridized carbons (Fsp3) is 1.00. The minimum atomic E-state index is 0.625. The Morgan fingerprint density at radius 2 is 1.47 bits per heavy atom. The molecular formula is C13H26OS. The number of hydrogen-bond donors (Lipinski definition) is 1. The highest BCUT2D eigenvalue weighted by atomic mass is 32.1. The molecule has 0 saturated heterocycles. The maximum absolute atomic E-state index is 5.71. The first kappa shape index (κ1) is 13.4. The summed E-state index contributed by atoms with van der Waals surface area (Å²) < 4.78 is 5.71. The van der Waals surface area contributed by atoms with E-state index in [9.17, 15) is 0 Å². The highest BCUT2D eigenvalue weighted by Crippen LogP contribution is 2.22. The highest BCUT2D eigenvalue weighted by molar-refractivity contribution is 7.80. The average Bonchev–Trinajstić information content (AvgIpc) is 2.18. The summed E-state index contributed by atoms with van der Waals surface area (Å²) in [6.45, 7) is 1.00. The van der Waals surface area contributed by atoms with Crippen LogP contribution in [0.15, 0.2) is 0 Å². The Morgan fingerprint density at radius 1 is 0.867 bits per heavy atom. The lowest BCUT2D eigenvalue weighted by Crippen LogP contribution is -2.21. The fourth-order valence-corrected chi connectivity index (χ4v) is 2.11. The van der Waals surface area contributed by atoms with Crippen molar-refractivity contribution in [3.8, 4) is 0 Å². The Labute approximate surface area is 100 Å². The van der Waals surface area contributed by atoms with Gasteiger partial charge in [0, 0.05) is 6.61 Å². The van der Waals surface area contributed by atoms with E-state index in [4.69, 9.17) is 4.74 Å². The van der Waals surface area contributed by atoms with Gasteiger partial charge in [0.05, 0.1) is 6.10 Å². The zero-order valence-electron chi connectivity index (χ0n) is 9.92. The molecule has 1 rings (SSSR count). The van der Waals surface area contributed by atoms with Gasteiger partial charge in [0.2, 0.25) is 0 Å². The summed E-state index contributed by atoms with van der Waals surface area (Å²) in [7, 11) is 0. The summed E-state index contributed by atoms with van der Waals surface area (Å²) in [5, 5.41) is 0. The topological polar surface area (TPSA) is 9.23 Å². The molecule has 1 aliphatic rings. The molecule has 0 spiro atoms. The van der Waals surface area contributed by atoms with E-state index in [0.717, 1.165) is 12.4 Å². The molecule has 0 atom stereocenters. The van der Waals surface area contributed by atoms with Crippen molar-refractivity contribution in [2.75, 3.05) is 12.4 Å². The third-order valence-corrected chi connectivity index (χ3v) is 3.52. The molecule has 0 N–H and O–H groups in total. The Balaban J connectivity index is 1.66. The van der Waals surface area contributed by atoms with Crippen molar-refractivity contribution in [2.24, 2.45) is 0 Å². The largest absolute Gasteiger partial charge is 0.378 e. The first-order valence-corrected chi connectivity index (χ1v) is 7.29. The second-order valence-electron chi connectivity index (χ2n) is 4.62. The molecule has 1 saturated carbocycles. The van der Waals surface area contributed by atoms with Gasteiger partial charge in [-0.2, -0.15) is 12.6 Å². The molecule has 0 heterocycles. The van der Waals surface area contributed by atoms with Crippen LogP contribution in [0.3, 0.4) is 0 Å². The van der Waals surface area contributed by atoms with E-state index in [1.165, 1.54) is 64.2 Å². The smallest absolute Gasteiger partial charge is 0.0575 e. The van der Waals surface area contributed by atoms with Crippen molar-refractivity contribution in [2.45, 2.75) is 70.3 Å². The molecule has 90 valence electrons. The fourth-order valence-electron chi connectivity index (χ4n) is 1.89. The molecule has 0 aromatic heterocycles.